The number of nitrogens with one attached hydrogen (secondary N) is 1. The van der Waals surface area contributed by atoms with Gasteiger partial charge in [0.05, 0.1) is 4.90 Å². The van der Waals surface area contributed by atoms with Crippen LogP contribution in [-0.4, -0.2) is 26.4 Å². The van der Waals surface area contributed by atoms with Crippen LogP contribution in [0.3, 0.4) is 0 Å². The minimum Gasteiger partial charge on any atom is -0.309 e. The summed E-state index contributed by atoms with van der Waals surface area (Å²) in [6.07, 6.45) is 3.73. The van der Waals surface area contributed by atoms with E-state index in [1.165, 1.54) is 5.56 Å². The molecule has 0 aromatic heterocycles. The first-order valence-corrected chi connectivity index (χ1v) is 10.9. The highest BCUT2D eigenvalue weighted by Crippen LogP contribution is 2.32. The van der Waals surface area contributed by atoms with Crippen LogP contribution in [0.1, 0.15) is 37.3 Å². The van der Waals surface area contributed by atoms with Crippen LogP contribution in [0, 0.1) is 0 Å². The Morgan fingerprint density at radius 3 is 2.52 bits per heavy atom. The number of nitrogens with zero attached hydrogens (tertiary/aromatic N) is 1. The topological polar surface area (TPSA) is 66.5 Å². The zero-order valence-electron chi connectivity index (χ0n) is 15.4. The molecule has 0 bridgehead atoms. The fourth-order valence-electron chi connectivity index (χ4n) is 3.64. The lowest BCUT2D eigenvalue weighted by Gasteiger charge is -2.22. The number of anilines is 1. The van der Waals surface area contributed by atoms with E-state index in [4.69, 9.17) is 0 Å². The minimum atomic E-state index is -3.42. The summed E-state index contributed by atoms with van der Waals surface area (Å²) in [6, 6.07) is 15.2. The zero-order valence-corrected chi connectivity index (χ0v) is 16.2. The van der Waals surface area contributed by atoms with E-state index < -0.39 is 10.0 Å². The molecule has 2 aromatic rings. The van der Waals surface area contributed by atoms with E-state index in [0.29, 0.717) is 12.8 Å². The second-order valence-electron chi connectivity index (χ2n) is 7.49. The first-order valence-electron chi connectivity index (χ1n) is 9.45. The second kappa shape index (κ2) is 7.09. The maximum Gasteiger partial charge on any atom is 0.240 e. The van der Waals surface area contributed by atoms with E-state index in [0.717, 1.165) is 30.5 Å². The normalized spacial score (nSPS) is 19.1. The lowest BCUT2D eigenvalue weighted by Crippen LogP contribution is -2.35. The third kappa shape index (κ3) is 3.92. The van der Waals surface area contributed by atoms with Crippen molar-refractivity contribution in [3.05, 3.63) is 59.7 Å². The molecule has 0 radical (unpaired) electrons. The van der Waals surface area contributed by atoms with Crippen molar-refractivity contribution in [2.24, 2.45) is 0 Å². The van der Waals surface area contributed by atoms with Crippen LogP contribution in [0.5, 0.6) is 0 Å². The highest BCUT2D eigenvalue weighted by Gasteiger charge is 2.30. The van der Waals surface area contributed by atoms with Gasteiger partial charge in [0, 0.05) is 24.2 Å². The Kier molecular flexibility index (Phi) is 4.78. The molecule has 1 aliphatic heterocycles. The monoisotopic (exact) mass is 384 g/mol. The van der Waals surface area contributed by atoms with Crippen LogP contribution >= 0.6 is 0 Å². The molecule has 2 aromatic carbocycles. The van der Waals surface area contributed by atoms with Crippen LogP contribution in [0.15, 0.2) is 53.4 Å². The summed E-state index contributed by atoms with van der Waals surface area (Å²) in [6.45, 7) is 2.07. The number of hydrogen-bond donors (Lipinski definition) is 1. The van der Waals surface area contributed by atoms with Gasteiger partial charge in [-0.3, -0.25) is 4.79 Å². The van der Waals surface area contributed by atoms with Crippen LogP contribution in [0.2, 0.25) is 0 Å². The van der Waals surface area contributed by atoms with E-state index >= 15 is 0 Å². The molecule has 5 nitrogen and oxygen atoms in total. The highest BCUT2D eigenvalue weighted by molar-refractivity contribution is 7.89. The maximum atomic E-state index is 12.8. The second-order valence-corrected chi connectivity index (χ2v) is 9.20. The molecule has 1 atom stereocenters. The van der Waals surface area contributed by atoms with Gasteiger partial charge in [0.15, 0.2) is 0 Å². The molecule has 1 heterocycles. The van der Waals surface area contributed by atoms with E-state index in [2.05, 4.69) is 17.7 Å². The number of sulfonamides is 1. The summed E-state index contributed by atoms with van der Waals surface area (Å²) in [4.78, 5) is 14.9. The number of amides is 1. The first-order chi connectivity index (χ1) is 12.9. The van der Waals surface area contributed by atoms with Gasteiger partial charge in [-0.15, -0.1) is 0 Å². The van der Waals surface area contributed by atoms with Gasteiger partial charge in [0.1, 0.15) is 0 Å². The number of carbonyl (C=O) groups excluding carboxylic acids is 1. The quantitative estimate of drug-likeness (QED) is 0.832. The number of carbonyl (C=O) groups is 1. The Bertz CT molecular complexity index is 950. The summed E-state index contributed by atoms with van der Waals surface area (Å²) in [5.74, 6) is 0.111. The van der Waals surface area contributed by atoms with Crippen molar-refractivity contribution in [2.45, 2.75) is 56.0 Å². The molecular weight excluding hydrogens is 360 g/mol. The Hall–Kier alpha value is -2.18. The fraction of sp³-hybridized carbons (Fsp3) is 0.381. The summed E-state index contributed by atoms with van der Waals surface area (Å²) >= 11 is 0. The van der Waals surface area contributed by atoms with Crippen molar-refractivity contribution in [2.75, 3.05) is 4.90 Å². The molecule has 1 N–H and O–H groups in total. The third-order valence-electron chi connectivity index (χ3n) is 5.24. The van der Waals surface area contributed by atoms with Crippen molar-refractivity contribution in [3.63, 3.8) is 0 Å². The summed E-state index contributed by atoms with van der Waals surface area (Å²) in [5.41, 5.74) is 3.20. The van der Waals surface area contributed by atoms with Crippen molar-refractivity contribution >= 4 is 21.6 Å². The van der Waals surface area contributed by atoms with E-state index in [9.17, 15) is 13.2 Å². The average Bonchev–Trinajstić information content (AvgIpc) is 3.38. The van der Waals surface area contributed by atoms with Gasteiger partial charge in [-0.1, -0.05) is 30.3 Å². The average molecular weight is 385 g/mol. The molecule has 2 aliphatic rings. The molecule has 6 heteroatoms. The Balaban J connectivity index is 1.39. The summed E-state index contributed by atoms with van der Waals surface area (Å²) in [7, 11) is -3.42. The maximum absolute atomic E-state index is 12.8. The lowest BCUT2D eigenvalue weighted by atomic mass is 10.1. The zero-order chi connectivity index (χ0) is 19.0. The van der Waals surface area contributed by atoms with E-state index in [-0.39, 0.29) is 22.9 Å². The standard InChI is InChI=1S/C21H24N2O3S/c1-15-14-17-4-2-3-5-20(17)23(15)21(24)13-8-16-6-11-19(12-7-16)27(25,26)22-18-9-10-18/h2-7,11-12,15,18,22H,8-10,13-14H2,1H3. The lowest BCUT2D eigenvalue weighted by molar-refractivity contribution is -0.118. The van der Waals surface area contributed by atoms with Crippen LogP contribution in [-0.2, 0) is 27.7 Å². The van der Waals surface area contributed by atoms with E-state index in [1.54, 1.807) is 24.3 Å². The Morgan fingerprint density at radius 2 is 1.81 bits per heavy atom. The highest BCUT2D eigenvalue weighted by atomic mass is 32.2. The minimum absolute atomic E-state index is 0.0950. The first kappa shape index (κ1) is 18.2. The van der Waals surface area contributed by atoms with Crippen molar-refractivity contribution in [3.8, 4) is 0 Å². The molecule has 4 rings (SSSR count). The largest absolute Gasteiger partial charge is 0.309 e. The van der Waals surface area contributed by atoms with Crippen LogP contribution in [0.25, 0.3) is 0 Å². The predicted octanol–water partition coefficient (Wildman–Crippen LogP) is 3.04. The molecule has 1 aliphatic carbocycles. The SMILES string of the molecule is CC1Cc2ccccc2N1C(=O)CCc1ccc(S(=O)(=O)NC2CC2)cc1. The van der Waals surface area contributed by atoms with E-state index in [1.807, 2.05) is 23.1 Å². The number of benzene rings is 2. The van der Waals surface area contributed by atoms with Gasteiger partial charge in [-0.25, -0.2) is 13.1 Å². The molecule has 142 valence electrons. The van der Waals surface area contributed by atoms with Gasteiger partial charge in [-0.2, -0.15) is 0 Å². The predicted molar refractivity (Wildman–Crippen MR) is 105 cm³/mol. The molecule has 1 fully saturated rings. The van der Waals surface area contributed by atoms with Crippen LogP contribution < -0.4 is 9.62 Å². The molecular formula is C21H24N2O3S. The number of rotatable bonds is 6. The number of para-hydroxylation sites is 1. The van der Waals surface area contributed by atoms with Gasteiger partial charge in [-0.05, 0) is 61.9 Å². The molecule has 1 amide bonds. The van der Waals surface area contributed by atoms with Gasteiger partial charge in [0.25, 0.3) is 0 Å². The van der Waals surface area contributed by atoms with Gasteiger partial charge >= 0.3 is 0 Å². The molecule has 1 unspecified atom stereocenters. The smallest absolute Gasteiger partial charge is 0.240 e. The third-order valence-corrected chi connectivity index (χ3v) is 6.77. The molecule has 1 saturated carbocycles. The number of aryl methyl sites for hydroxylation is 1. The molecule has 0 spiro atoms. The number of fused-ring (bicyclic) bond motifs is 1. The van der Waals surface area contributed by atoms with Crippen molar-refractivity contribution < 1.29 is 13.2 Å². The van der Waals surface area contributed by atoms with Crippen LogP contribution in [0.4, 0.5) is 5.69 Å². The van der Waals surface area contributed by atoms with Gasteiger partial charge in [0.2, 0.25) is 15.9 Å². The fourth-order valence-corrected chi connectivity index (χ4v) is 4.95. The Morgan fingerprint density at radius 1 is 1.11 bits per heavy atom. The van der Waals surface area contributed by atoms with Crippen molar-refractivity contribution in [1.29, 1.82) is 0 Å². The van der Waals surface area contributed by atoms with Gasteiger partial charge < -0.3 is 4.90 Å². The Labute approximate surface area is 160 Å². The number of hydrogen-bond acceptors (Lipinski definition) is 3. The summed E-state index contributed by atoms with van der Waals surface area (Å²) < 4.78 is 27.1. The molecule has 27 heavy (non-hydrogen) atoms. The summed E-state index contributed by atoms with van der Waals surface area (Å²) in [5, 5.41) is 0. The van der Waals surface area contributed by atoms with Crippen molar-refractivity contribution in [1.82, 2.24) is 4.72 Å². The molecule has 0 saturated heterocycles.